The molecule has 0 saturated heterocycles. The first-order valence-corrected chi connectivity index (χ1v) is 6.60. The average molecular weight is 380 g/mol. The van der Waals surface area contributed by atoms with Crippen LogP contribution in [0.25, 0.3) is 0 Å². The molecule has 0 spiro atoms. The highest BCUT2D eigenvalue weighted by Gasteiger charge is 2.08. The van der Waals surface area contributed by atoms with Crippen LogP contribution in [0.3, 0.4) is 0 Å². The van der Waals surface area contributed by atoms with Crippen LogP contribution in [0.15, 0.2) is 32.7 Å². The molecule has 0 bridgehead atoms. The van der Waals surface area contributed by atoms with Crippen molar-refractivity contribution in [2.75, 3.05) is 13.7 Å². The molecule has 4 nitrogen and oxygen atoms in total. The van der Waals surface area contributed by atoms with E-state index >= 15 is 0 Å². The van der Waals surface area contributed by atoms with Gasteiger partial charge < -0.3 is 14.6 Å². The first-order valence-electron chi connectivity index (χ1n) is 5.01. The molecule has 0 aliphatic carbocycles. The third-order valence-electron chi connectivity index (χ3n) is 2.17. The number of aliphatic carboxylic acids is 1. The molecule has 98 valence electrons. The Morgan fingerprint density at radius 1 is 1.33 bits per heavy atom. The van der Waals surface area contributed by atoms with Gasteiger partial charge in [-0.2, -0.15) is 0 Å². The van der Waals surface area contributed by atoms with Crippen molar-refractivity contribution in [3.63, 3.8) is 0 Å². The first-order chi connectivity index (χ1) is 8.45. The maximum absolute atomic E-state index is 10.6. The van der Waals surface area contributed by atoms with E-state index < -0.39 is 5.97 Å². The molecule has 6 heteroatoms. The molecule has 1 aromatic rings. The van der Waals surface area contributed by atoms with Crippen LogP contribution in [-0.4, -0.2) is 24.8 Å². The van der Waals surface area contributed by atoms with Crippen molar-refractivity contribution >= 4 is 37.8 Å². The van der Waals surface area contributed by atoms with Crippen molar-refractivity contribution in [2.24, 2.45) is 0 Å². The fourth-order valence-electron chi connectivity index (χ4n) is 1.12. The van der Waals surface area contributed by atoms with E-state index in [1.54, 1.807) is 19.2 Å². The number of methoxy groups -OCH3 is 1. The van der Waals surface area contributed by atoms with Crippen molar-refractivity contribution in [3.8, 4) is 11.5 Å². The summed E-state index contributed by atoms with van der Waals surface area (Å²) in [6, 6.07) is 3.53. The van der Waals surface area contributed by atoms with Gasteiger partial charge in [-0.3, -0.25) is 0 Å². The Morgan fingerprint density at radius 2 is 1.89 bits per heavy atom. The number of benzene rings is 1. The van der Waals surface area contributed by atoms with Crippen LogP contribution in [0.2, 0.25) is 0 Å². The second-order valence-electron chi connectivity index (χ2n) is 3.42. The molecule has 0 unspecified atom stereocenters. The lowest BCUT2D eigenvalue weighted by Crippen LogP contribution is -2.01. The predicted molar refractivity (Wildman–Crippen MR) is 75.3 cm³/mol. The summed E-state index contributed by atoms with van der Waals surface area (Å²) in [5, 5.41) is 8.69. The molecule has 0 radical (unpaired) electrons. The van der Waals surface area contributed by atoms with E-state index in [2.05, 4.69) is 31.9 Å². The number of rotatable bonds is 5. The van der Waals surface area contributed by atoms with Gasteiger partial charge >= 0.3 is 5.97 Å². The Bertz CT molecular complexity index is 483. The summed E-state index contributed by atoms with van der Waals surface area (Å²) >= 11 is 6.71. The standard InChI is InChI=1S/C12H12Br2O4/c1-7(12(15)16)3-4-18-11-6-8(13)10(17-2)5-9(11)14/h3,5-6H,4H2,1-2H3,(H,15,16). The van der Waals surface area contributed by atoms with Gasteiger partial charge in [0, 0.05) is 5.57 Å². The van der Waals surface area contributed by atoms with Crippen molar-refractivity contribution in [2.45, 2.75) is 6.92 Å². The maximum atomic E-state index is 10.6. The number of carbonyl (C=O) groups is 1. The summed E-state index contributed by atoms with van der Waals surface area (Å²) in [4.78, 5) is 10.6. The summed E-state index contributed by atoms with van der Waals surface area (Å²) < 4.78 is 12.1. The molecule has 18 heavy (non-hydrogen) atoms. The number of hydrogen-bond donors (Lipinski definition) is 1. The van der Waals surface area contributed by atoms with Gasteiger partial charge in [0.1, 0.15) is 18.1 Å². The van der Waals surface area contributed by atoms with Gasteiger partial charge in [0.15, 0.2) is 0 Å². The van der Waals surface area contributed by atoms with Gasteiger partial charge in [0.25, 0.3) is 0 Å². The first kappa shape index (κ1) is 15.0. The molecular weight excluding hydrogens is 368 g/mol. The highest BCUT2D eigenvalue weighted by Crippen LogP contribution is 2.35. The Kier molecular flexibility index (Phi) is 5.68. The molecule has 1 aromatic carbocycles. The molecule has 0 heterocycles. The highest BCUT2D eigenvalue weighted by molar-refractivity contribution is 9.11. The largest absolute Gasteiger partial charge is 0.496 e. The van der Waals surface area contributed by atoms with Crippen LogP contribution in [0.1, 0.15) is 6.92 Å². The SMILES string of the molecule is COc1cc(Br)c(OCC=C(C)C(=O)O)cc1Br. The zero-order valence-electron chi connectivity index (χ0n) is 9.87. The Labute approximate surface area is 122 Å². The summed E-state index contributed by atoms with van der Waals surface area (Å²) in [5.74, 6) is 0.345. The Hall–Kier alpha value is -1.01. The number of carboxylic acids is 1. The Balaban J connectivity index is 2.77. The quantitative estimate of drug-likeness (QED) is 0.793. The number of hydrogen-bond acceptors (Lipinski definition) is 3. The van der Waals surface area contributed by atoms with E-state index in [0.717, 1.165) is 8.95 Å². The molecular formula is C12H12Br2O4. The van der Waals surface area contributed by atoms with E-state index in [1.165, 1.54) is 13.0 Å². The van der Waals surface area contributed by atoms with Crippen LogP contribution < -0.4 is 9.47 Å². The zero-order valence-corrected chi connectivity index (χ0v) is 13.0. The molecule has 1 rings (SSSR count). The topological polar surface area (TPSA) is 55.8 Å². The second kappa shape index (κ2) is 6.80. The lowest BCUT2D eigenvalue weighted by molar-refractivity contribution is -0.132. The molecule has 0 aromatic heterocycles. The number of halogens is 2. The lowest BCUT2D eigenvalue weighted by Gasteiger charge is -2.10. The van der Waals surface area contributed by atoms with E-state index in [0.29, 0.717) is 11.5 Å². The molecule has 0 aliphatic rings. The van der Waals surface area contributed by atoms with E-state index in [4.69, 9.17) is 14.6 Å². The lowest BCUT2D eigenvalue weighted by atomic mass is 10.3. The minimum absolute atomic E-state index is 0.190. The van der Waals surface area contributed by atoms with E-state index in [-0.39, 0.29) is 12.2 Å². The summed E-state index contributed by atoms with van der Waals surface area (Å²) in [6.45, 7) is 1.71. The second-order valence-corrected chi connectivity index (χ2v) is 5.13. The predicted octanol–water partition coefficient (Wildman–Crippen LogP) is 3.63. The monoisotopic (exact) mass is 378 g/mol. The van der Waals surface area contributed by atoms with Crippen molar-refractivity contribution < 1.29 is 19.4 Å². The van der Waals surface area contributed by atoms with Gasteiger partial charge in [-0.15, -0.1) is 0 Å². The zero-order chi connectivity index (χ0) is 13.7. The Morgan fingerprint density at radius 3 is 2.44 bits per heavy atom. The normalized spacial score (nSPS) is 11.2. The van der Waals surface area contributed by atoms with E-state index in [1.807, 2.05) is 0 Å². The van der Waals surface area contributed by atoms with Crippen molar-refractivity contribution in [1.29, 1.82) is 0 Å². The van der Waals surface area contributed by atoms with Gasteiger partial charge in [0.05, 0.1) is 16.1 Å². The van der Waals surface area contributed by atoms with Gasteiger partial charge in [-0.1, -0.05) is 0 Å². The fourth-order valence-corrected chi connectivity index (χ4v) is 2.04. The minimum Gasteiger partial charge on any atom is -0.496 e. The van der Waals surface area contributed by atoms with Crippen LogP contribution in [0.4, 0.5) is 0 Å². The highest BCUT2D eigenvalue weighted by atomic mass is 79.9. The van der Waals surface area contributed by atoms with Crippen molar-refractivity contribution in [1.82, 2.24) is 0 Å². The van der Waals surface area contributed by atoms with Crippen LogP contribution in [0, 0.1) is 0 Å². The fraction of sp³-hybridized carbons (Fsp3) is 0.250. The maximum Gasteiger partial charge on any atom is 0.331 e. The molecule has 0 atom stereocenters. The smallest absolute Gasteiger partial charge is 0.331 e. The molecule has 0 amide bonds. The number of ether oxygens (including phenoxy) is 2. The average Bonchev–Trinajstić information content (AvgIpc) is 2.32. The summed E-state index contributed by atoms with van der Waals surface area (Å²) in [5.41, 5.74) is 0.249. The van der Waals surface area contributed by atoms with Crippen LogP contribution in [-0.2, 0) is 4.79 Å². The van der Waals surface area contributed by atoms with E-state index in [9.17, 15) is 4.79 Å². The molecule has 1 N–H and O–H groups in total. The summed E-state index contributed by atoms with van der Waals surface area (Å²) in [6.07, 6.45) is 1.51. The number of carboxylic acid groups (broad SMARTS) is 1. The molecule has 0 fully saturated rings. The molecule has 0 saturated carbocycles. The third kappa shape index (κ3) is 4.03. The van der Waals surface area contributed by atoms with Crippen LogP contribution >= 0.6 is 31.9 Å². The van der Waals surface area contributed by atoms with Gasteiger partial charge in [-0.05, 0) is 57.0 Å². The molecule has 0 aliphatic heterocycles. The van der Waals surface area contributed by atoms with Crippen LogP contribution in [0.5, 0.6) is 11.5 Å². The third-order valence-corrected chi connectivity index (χ3v) is 3.41. The van der Waals surface area contributed by atoms with Gasteiger partial charge in [0.2, 0.25) is 0 Å². The van der Waals surface area contributed by atoms with Crippen molar-refractivity contribution in [3.05, 3.63) is 32.7 Å². The minimum atomic E-state index is -0.950. The van der Waals surface area contributed by atoms with Gasteiger partial charge in [-0.25, -0.2) is 4.79 Å². The summed E-state index contributed by atoms with van der Waals surface area (Å²) in [7, 11) is 1.58.